The molecule has 0 fully saturated rings. The van der Waals surface area contributed by atoms with Crippen molar-refractivity contribution < 1.29 is 27.7 Å². The largest absolute Gasteiger partial charge is 0.493 e. The molecule has 0 saturated heterocycles. The number of nitrogens with zero attached hydrogens (tertiary/aromatic N) is 1. The minimum absolute atomic E-state index is 0.0208. The summed E-state index contributed by atoms with van der Waals surface area (Å²) in [6.07, 6.45) is 1.37. The van der Waals surface area contributed by atoms with Gasteiger partial charge in [-0.2, -0.15) is 8.78 Å². The van der Waals surface area contributed by atoms with Gasteiger partial charge in [-0.25, -0.2) is 0 Å². The lowest BCUT2D eigenvalue weighted by molar-refractivity contribution is -0.0512. The Hall–Kier alpha value is -3.23. The fourth-order valence-electron chi connectivity index (χ4n) is 2.97. The summed E-state index contributed by atoms with van der Waals surface area (Å²) >= 11 is 0. The Bertz CT molecular complexity index is 863. The minimum atomic E-state index is -2.91. The van der Waals surface area contributed by atoms with Crippen LogP contribution >= 0.6 is 0 Å². The predicted molar refractivity (Wildman–Crippen MR) is 116 cm³/mol. The summed E-state index contributed by atoms with van der Waals surface area (Å²) in [6, 6.07) is 10.8. The molecule has 2 aromatic rings. The van der Waals surface area contributed by atoms with Crippen LogP contribution in [0.3, 0.4) is 0 Å². The summed E-state index contributed by atoms with van der Waals surface area (Å²) in [5.41, 5.74) is 1.94. The molecule has 0 saturated carbocycles. The van der Waals surface area contributed by atoms with E-state index in [1.165, 1.54) is 7.11 Å². The topological polar surface area (TPSA) is 73.3 Å². The molecule has 2 aromatic carbocycles. The Morgan fingerprint density at radius 1 is 0.806 bits per heavy atom. The van der Waals surface area contributed by atoms with Crippen LogP contribution in [-0.4, -0.2) is 54.0 Å². The van der Waals surface area contributed by atoms with E-state index >= 15 is 0 Å². The van der Waals surface area contributed by atoms with Gasteiger partial charge in [-0.3, -0.25) is 4.99 Å². The lowest BCUT2D eigenvalue weighted by atomic mass is 10.1. The summed E-state index contributed by atoms with van der Waals surface area (Å²) in [5.74, 6) is 2.32. The molecule has 0 spiro atoms. The van der Waals surface area contributed by atoms with E-state index in [0.717, 1.165) is 17.5 Å². The molecule has 0 aliphatic heterocycles. The van der Waals surface area contributed by atoms with Crippen LogP contribution in [0.15, 0.2) is 41.4 Å². The lowest BCUT2D eigenvalue weighted by Crippen LogP contribution is -2.39. The summed E-state index contributed by atoms with van der Waals surface area (Å²) in [7, 11) is 6.31. The van der Waals surface area contributed by atoms with Gasteiger partial charge in [-0.15, -0.1) is 0 Å². The van der Waals surface area contributed by atoms with Gasteiger partial charge in [0.05, 0.1) is 21.3 Å². The molecule has 9 heteroatoms. The van der Waals surface area contributed by atoms with Gasteiger partial charge in [-0.05, 0) is 48.2 Å². The quantitative estimate of drug-likeness (QED) is 0.415. The number of rotatable bonds is 11. The maximum absolute atomic E-state index is 12.6. The molecule has 2 rings (SSSR count). The molecule has 0 aliphatic carbocycles. The number of benzene rings is 2. The van der Waals surface area contributed by atoms with Crippen molar-refractivity contribution in [3.63, 3.8) is 0 Å². The second-order valence-electron chi connectivity index (χ2n) is 6.48. The van der Waals surface area contributed by atoms with Gasteiger partial charge in [-0.1, -0.05) is 12.1 Å². The highest BCUT2D eigenvalue weighted by atomic mass is 19.3. The highest BCUT2D eigenvalue weighted by molar-refractivity contribution is 5.79. The molecule has 170 valence electrons. The smallest absolute Gasteiger partial charge is 0.387 e. The predicted octanol–water partition coefficient (Wildman–Crippen LogP) is 3.26. The molecule has 0 aliphatic rings. The molecule has 0 radical (unpaired) electrons. The van der Waals surface area contributed by atoms with Crippen molar-refractivity contribution in [3.8, 4) is 23.0 Å². The fourth-order valence-corrected chi connectivity index (χ4v) is 2.97. The second kappa shape index (κ2) is 12.5. The number of hydrogen-bond donors (Lipinski definition) is 2. The molecule has 7 nitrogen and oxygen atoms in total. The normalized spacial score (nSPS) is 11.3. The summed E-state index contributed by atoms with van der Waals surface area (Å²) in [6.45, 7) is -1.67. The van der Waals surface area contributed by atoms with Gasteiger partial charge in [0, 0.05) is 20.1 Å². The Morgan fingerprint density at radius 2 is 1.29 bits per heavy atom. The Balaban J connectivity index is 1.82. The third-order valence-electron chi connectivity index (χ3n) is 4.53. The molecule has 0 atom stereocenters. The van der Waals surface area contributed by atoms with E-state index in [2.05, 4.69) is 20.4 Å². The first-order valence-electron chi connectivity index (χ1n) is 9.77. The van der Waals surface area contributed by atoms with E-state index in [1.807, 2.05) is 24.3 Å². The number of halogens is 2. The minimum Gasteiger partial charge on any atom is -0.493 e. The van der Waals surface area contributed by atoms with Crippen molar-refractivity contribution in [2.24, 2.45) is 4.99 Å². The third kappa shape index (κ3) is 7.51. The van der Waals surface area contributed by atoms with Gasteiger partial charge in [0.1, 0.15) is 0 Å². The number of ether oxygens (including phenoxy) is 4. The van der Waals surface area contributed by atoms with Crippen molar-refractivity contribution in [1.82, 2.24) is 10.6 Å². The third-order valence-corrected chi connectivity index (χ3v) is 4.53. The van der Waals surface area contributed by atoms with Crippen molar-refractivity contribution in [3.05, 3.63) is 47.5 Å². The number of methoxy groups -OCH3 is 3. The molecule has 0 heterocycles. The van der Waals surface area contributed by atoms with Gasteiger partial charge >= 0.3 is 6.61 Å². The molecular weight excluding hydrogens is 408 g/mol. The Morgan fingerprint density at radius 3 is 1.74 bits per heavy atom. The maximum Gasteiger partial charge on any atom is 0.387 e. The van der Waals surface area contributed by atoms with E-state index in [-0.39, 0.29) is 11.5 Å². The van der Waals surface area contributed by atoms with Crippen molar-refractivity contribution in [1.29, 1.82) is 0 Å². The zero-order chi connectivity index (χ0) is 22.6. The van der Waals surface area contributed by atoms with Crippen LogP contribution in [0.4, 0.5) is 8.78 Å². The Kier molecular flexibility index (Phi) is 9.67. The highest BCUT2D eigenvalue weighted by Gasteiger charge is 2.11. The molecule has 0 unspecified atom stereocenters. The first-order chi connectivity index (χ1) is 15.0. The molecule has 31 heavy (non-hydrogen) atoms. The molecule has 0 amide bonds. The van der Waals surface area contributed by atoms with Gasteiger partial charge in [0.2, 0.25) is 0 Å². The van der Waals surface area contributed by atoms with E-state index in [9.17, 15) is 8.78 Å². The maximum atomic E-state index is 12.6. The second-order valence-corrected chi connectivity index (χ2v) is 6.48. The van der Waals surface area contributed by atoms with E-state index in [1.54, 1.807) is 33.4 Å². The highest BCUT2D eigenvalue weighted by Crippen LogP contribution is 2.29. The first-order valence-corrected chi connectivity index (χ1v) is 9.77. The zero-order valence-electron chi connectivity index (χ0n) is 18.2. The summed E-state index contributed by atoms with van der Waals surface area (Å²) in [4.78, 5) is 4.20. The van der Waals surface area contributed by atoms with Crippen molar-refractivity contribution in [2.45, 2.75) is 19.5 Å². The van der Waals surface area contributed by atoms with Crippen LogP contribution in [0, 0.1) is 0 Å². The summed E-state index contributed by atoms with van der Waals surface area (Å²) in [5, 5.41) is 6.46. The molecule has 0 bridgehead atoms. The van der Waals surface area contributed by atoms with Crippen LogP contribution in [0.1, 0.15) is 11.1 Å². The van der Waals surface area contributed by atoms with Crippen molar-refractivity contribution in [2.75, 3.05) is 41.5 Å². The first kappa shape index (κ1) is 24.0. The monoisotopic (exact) mass is 437 g/mol. The van der Waals surface area contributed by atoms with Crippen LogP contribution in [0.2, 0.25) is 0 Å². The van der Waals surface area contributed by atoms with E-state index in [0.29, 0.717) is 37.0 Å². The van der Waals surface area contributed by atoms with Crippen LogP contribution in [0.5, 0.6) is 23.0 Å². The number of nitrogens with one attached hydrogen (secondary N) is 2. The standard InChI is InChI=1S/C22H29F2N3O4/c1-25-22(26-11-9-15-5-7-17(28-2)19(13-15)30-4)27-12-10-16-6-8-18(29-3)20(14-16)31-21(23)24/h5-8,13-14,21H,9-12H2,1-4H3,(H2,25,26,27). The average molecular weight is 437 g/mol. The molecule has 2 N–H and O–H groups in total. The number of alkyl halides is 2. The van der Waals surface area contributed by atoms with Gasteiger partial charge < -0.3 is 29.6 Å². The zero-order valence-corrected chi connectivity index (χ0v) is 18.2. The Labute approximate surface area is 181 Å². The number of aliphatic imine (C=N–C) groups is 1. The molecule has 0 aromatic heterocycles. The molecular formula is C22H29F2N3O4. The summed E-state index contributed by atoms with van der Waals surface area (Å²) < 4.78 is 45.3. The van der Waals surface area contributed by atoms with Crippen LogP contribution in [-0.2, 0) is 12.8 Å². The van der Waals surface area contributed by atoms with Crippen molar-refractivity contribution >= 4 is 5.96 Å². The van der Waals surface area contributed by atoms with E-state index < -0.39 is 6.61 Å². The van der Waals surface area contributed by atoms with Crippen LogP contribution < -0.4 is 29.6 Å². The average Bonchev–Trinajstić information content (AvgIpc) is 2.77. The van der Waals surface area contributed by atoms with Gasteiger partial charge in [0.25, 0.3) is 0 Å². The number of hydrogen-bond acceptors (Lipinski definition) is 5. The fraction of sp³-hybridized carbons (Fsp3) is 0.409. The SMILES string of the molecule is CN=C(NCCc1ccc(OC)c(OC)c1)NCCc1ccc(OC)c(OC(F)F)c1. The van der Waals surface area contributed by atoms with Gasteiger partial charge in [0.15, 0.2) is 29.0 Å². The lowest BCUT2D eigenvalue weighted by Gasteiger charge is -2.14. The number of guanidine groups is 1. The van der Waals surface area contributed by atoms with Crippen LogP contribution in [0.25, 0.3) is 0 Å². The van der Waals surface area contributed by atoms with E-state index in [4.69, 9.17) is 14.2 Å².